The Morgan fingerprint density at radius 1 is 0.967 bits per heavy atom. The van der Waals surface area contributed by atoms with Crippen molar-refractivity contribution in [2.24, 2.45) is 5.10 Å². The number of fused-ring (bicyclic) bond motifs is 3. The van der Waals surface area contributed by atoms with Crippen LogP contribution in [0, 0.1) is 0 Å². The zero-order chi connectivity index (χ0) is 20.1. The first-order chi connectivity index (χ1) is 14.8. The van der Waals surface area contributed by atoms with Gasteiger partial charge in [-0.2, -0.15) is 5.10 Å². The van der Waals surface area contributed by atoms with Crippen molar-refractivity contribution in [3.05, 3.63) is 99.4 Å². The highest BCUT2D eigenvalue weighted by Crippen LogP contribution is 2.48. The average Bonchev–Trinajstić information content (AvgIpc) is 3.53. The van der Waals surface area contributed by atoms with E-state index in [0.717, 1.165) is 34.8 Å². The Labute approximate surface area is 183 Å². The number of hydrogen-bond acceptors (Lipinski definition) is 5. The van der Waals surface area contributed by atoms with Gasteiger partial charge in [0, 0.05) is 17.5 Å². The number of para-hydroxylation sites is 1. The maximum absolute atomic E-state index is 6.37. The van der Waals surface area contributed by atoms with Gasteiger partial charge in [-0.05, 0) is 41.8 Å². The third kappa shape index (κ3) is 2.85. The summed E-state index contributed by atoms with van der Waals surface area (Å²) in [4.78, 5) is 1.19. The molecule has 0 aliphatic carbocycles. The molecule has 0 amide bonds. The fourth-order valence-electron chi connectivity index (χ4n) is 4.10. The van der Waals surface area contributed by atoms with E-state index >= 15 is 0 Å². The summed E-state index contributed by atoms with van der Waals surface area (Å²) < 4.78 is 12.6. The lowest BCUT2D eigenvalue weighted by molar-refractivity contribution is -0.0321. The number of thiophene rings is 1. The van der Waals surface area contributed by atoms with Crippen LogP contribution in [0.4, 0.5) is 0 Å². The maximum atomic E-state index is 6.37. The monoisotopic (exact) mass is 432 g/mol. The molecule has 4 aromatic rings. The molecule has 2 atom stereocenters. The van der Waals surface area contributed by atoms with Crippen LogP contribution in [0.3, 0.4) is 0 Å². The molecule has 6 rings (SSSR count). The first kappa shape index (κ1) is 17.8. The van der Waals surface area contributed by atoms with Crippen LogP contribution in [0.5, 0.6) is 5.75 Å². The summed E-state index contributed by atoms with van der Waals surface area (Å²) in [6, 6.07) is 24.0. The van der Waals surface area contributed by atoms with Gasteiger partial charge in [0.05, 0.1) is 21.7 Å². The minimum Gasteiger partial charge on any atom is -0.461 e. The summed E-state index contributed by atoms with van der Waals surface area (Å²) in [6.45, 7) is 0. The Balaban J connectivity index is 1.42. The predicted molar refractivity (Wildman–Crippen MR) is 119 cm³/mol. The SMILES string of the molecule is Clc1ccccc1-c1ccc([C@@H]2Oc3ccccc3[C@@H]3CC(c4cccs4)=NN32)o1. The summed E-state index contributed by atoms with van der Waals surface area (Å²) in [5, 5.41) is 9.73. The molecular formula is C24H17ClN2O2S. The second-order valence-electron chi connectivity index (χ2n) is 7.31. The van der Waals surface area contributed by atoms with Crippen LogP contribution in [0.25, 0.3) is 11.3 Å². The van der Waals surface area contributed by atoms with Crippen molar-refractivity contribution < 1.29 is 9.15 Å². The highest BCUT2D eigenvalue weighted by atomic mass is 35.5. The van der Waals surface area contributed by atoms with Gasteiger partial charge in [0.1, 0.15) is 11.5 Å². The number of hydrogen-bond donors (Lipinski definition) is 0. The Bertz CT molecular complexity index is 1250. The molecule has 0 bridgehead atoms. The van der Waals surface area contributed by atoms with Crippen LogP contribution >= 0.6 is 22.9 Å². The number of ether oxygens (including phenoxy) is 1. The topological polar surface area (TPSA) is 38.0 Å². The van der Waals surface area contributed by atoms with Crippen molar-refractivity contribution in [3.8, 4) is 17.1 Å². The molecule has 2 aromatic carbocycles. The molecule has 4 heterocycles. The molecule has 0 radical (unpaired) electrons. The number of rotatable bonds is 3. The smallest absolute Gasteiger partial charge is 0.246 e. The summed E-state index contributed by atoms with van der Waals surface area (Å²) in [5.41, 5.74) is 3.10. The Morgan fingerprint density at radius 3 is 2.70 bits per heavy atom. The number of hydrazone groups is 1. The van der Waals surface area contributed by atoms with E-state index < -0.39 is 6.23 Å². The fourth-order valence-corrected chi connectivity index (χ4v) is 5.05. The van der Waals surface area contributed by atoms with E-state index in [1.165, 1.54) is 4.88 Å². The summed E-state index contributed by atoms with van der Waals surface area (Å²) in [7, 11) is 0. The van der Waals surface area contributed by atoms with E-state index in [4.69, 9.17) is 25.9 Å². The lowest BCUT2D eigenvalue weighted by Gasteiger charge is -2.36. The molecule has 0 saturated carbocycles. The number of furan rings is 1. The Morgan fingerprint density at radius 2 is 1.83 bits per heavy atom. The van der Waals surface area contributed by atoms with Crippen LogP contribution in [0.15, 0.2) is 87.7 Å². The highest BCUT2D eigenvalue weighted by molar-refractivity contribution is 7.12. The average molecular weight is 433 g/mol. The van der Waals surface area contributed by atoms with Gasteiger partial charge in [0.15, 0.2) is 5.76 Å². The van der Waals surface area contributed by atoms with Gasteiger partial charge in [-0.1, -0.05) is 48.0 Å². The van der Waals surface area contributed by atoms with Crippen molar-refractivity contribution >= 4 is 28.6 Å². The van der Waals surface area contributed by atoms with Crippen molar-refractivity contribution in [3.63, 3.8) is 0 Å². The fraction of sp³-hybridized carbons (Fsp3) is 0.125. The van der Waals surface area contributed by atoms with E-state index in [1.807, 2.05) is 59.6 Å². The highest BCUT2D eigenvalue weighted by Gasteiger charge is 2.42. The van der Waals surface area contributed by atoms with E-state index in [-0.39, 0.29) is 6.04 Å². The van der Waals surface area contributed by atoms with Gasteiger partial charge in [0.2, 0.25) is 6.23 Å². The lowest BCUT2D eigenvalue weighted by atomic mass is 9.98. The summed E-state index contributed by atoms with van der Waals surface area (Å²) in [5.74, 6) is 2.30. The standard InChI is InChI=1S/C24H17ClN2O2S/c25-17-8-3-1-6-15(17)21-11-12-22(28-21)24-27-19(16-7-2-4-9-20(16)29-24)14-18(26-27)23-10-5-13-30-23/h1-13,19,24H,14H2/t19-,24-/m0/s1. The molecule has 2 aliphatic rings. The first-order valence-corrected chi connectivity index (χ1v) is 11.0. The number of benzene rings is 2. The minimum absolute atomic E-state index is 0.117. The molecule has 0 N–H and O–H groups in total. The summed E-state index contributed by atoms with van der Waals surface area (Å²) in [6.07, 6.45) is 0.411. The minimum atomic E-state index is -0.432. The predicted octanol–water partition coefficient (Wildman–Crippen LogP) is 6.90. The molecule has 0 spiro atoms. The van der Waals surface area contributed by atoms with E-state index in [9.17, 15) is 0 Å². The third-order valence-electron chi connectivity index (χ3n) is 5.51. The Hall–Kier alpha value is -3.02. The molecule has 148 valence electrons. The van der Waals surface area contributed by atoms with Crippen molar-refractivity contribution in [2.45, 2.75) is 18.7 Å². The molecule has 0 saturated heterocycles. The van der Waals surface area contributed by atoms with Gasteiger partial charge in [-0.3, -0.25) is 0 Å². The normalized spacial score (nSPS) is 19.8. The molecular weight excluding hydrogens is 416 g/mol. The Kier molecular flexibility index (Phi) is 4.18. The van der Waals surface area contributed by atoms with Crippen LogP contribution in [-0.2, 0) is 0 Å². The summed E-state index contributed by atoms with van der Waals surface area (Å²) >= 11 is 8.07. The van der Waals surface area contributed by atoms with Crippen LogP contribution in [0.1, 0.15) is 34.9 Å². The molecule has 6 heteroatoms. The molecule has 0 unspecified atom stereocenters. The van der Waals surface area contributed by atoms with E-state index in [2.05, 4.69) is 23.6 Å². The molecule has 30 heavy (non-hydrogen) atoms. The van der Waals surface area contributed by atoms with Gasteiger partial charge in [0.25, 0.3) is 0 Å². The van der Waals surface area contributed by atoms with Crippen molar-refractivity contribution in [1.29, 1.82) is 0 Å². The quantitative estimate of drug-likeness (QED) is 0.353. The van der Waals surface area contributed by atoms with Crippen molar-refractivity contribution in [1.82, 2.24) is 5.01 Å². The van der Waals surface area contributed by atoms with Gasteiger partial charge < -0.3 is 9.15 Å². The van der Waals surface area contributed by atoms with Gasteiger partial charge in [-0.15, -0.1) is 11.3 Å². The van der Waals surface area contributed by atoms with Crippen molar-refractivity contribution in [2.75, 3.05) is 0 Å². The number of nitrogens with zero attached hydrogens (tertiary/aromatic N) is 2. The van der Waals surface area contributed by atoms with Crippen LogP contribution in [0.2, 0.25) is 5.02 Å². The number of halogens is 1. The molecule has 0 fully saturated rings. The van der Waals surface area contributed by atoms with E-state index in [1.54, 1.807) is 11.3 Å². The molecule has 4 nitrogen and oxygen atoms in total. The third-order valence-corrected chi connectivity index (χ3v) is 6.76. The largest absolute Gasteiger partial charge is 0.461 e. The first-order valence-electron chi connectivity index (χ1n) is 9.78. The molecule has 2 aromatic heterocycles. The van der Waals surface area contributed by atoms with Crippen LogP contribution in [-0.4, -0.2) is 10.7 Å². The zero-order valence-corrected chi connectivity index (χ0v) is 17.4. The lowest BCUT2D eigenvalue weighted by Crippen LogP contribution is -2.33. The molecule has 2 aliphatic heterocycles. The zero-order valence-electron chi connectivity index (χ0n) is 15.9. The van der Waals surface area contributed by atoms with E-state index in [0.29, 0.717) is 10.8 Å². The van der Waals surface area contributed by atoms with Crippen LogP contribution < -0.4 is 4.74 Å². The van der Waals surface area contributed by atoms with Gasteiger partial charge in [-0.25, -0.2) is 5.01 Å². The van der Waals surface area contributed by atoms with Gasteiger partial charge >= 0.3 is 0 Å². The maximum Gasteiger partial charge on any atom is 0.246 e. The second-order valence-corrected chi connectivity index (χ2v) is 8.67. The second kappa shape index (κ2) is 7.04.